The average molecular weight is 744 g/mol. The van der Waals surface area contributed by atoms with Crippen LogP contribution in [-0.4, -0.2) is 22.7 Å². The molecule has 0 radical (unpaired) electrons. The number of aliphatic imine (C=N–C) groups is 1. The van der Waals surface area contributed by atoms with E-state index in [0.29, 0.717) is 27.3 Å². The van der Waals surface area contributed by atoms with Crippen molar-refractivity contribution in [3.63, 3.8) is 0 Å². The summed E-state index contributed by atoms with van der Waals surface area (Å²) in [6, 6.07) is 20.8. The third kappa shape index (κ3) is 6.45. The minimum absolute atomic E-state index is 0.0704. The lowest BCUT2D eigenvalue weighted by Crippen LogP contribution is -2.12. The topological polar surface area (TPSA) is 68.1 Å². The molecule has 1 aliphatic rings. The van der Waals surface area contributed by atoms with Gasteiger partial charge in [-0.2, -0.15) is 0 Å². The first-order valence-corrected chi connectivity index (χ1v) is 14.2. The van der Waals surface area contributed by atoms with Gasteiger partial charge in [0.05, 0.1) is 24.3 Å². The van der Waals surface area contributed by atoms with Crippen LogP contribution in [0.15, 0.2) is 88.0 Å². The van der Waals surface area contributed by atoms with Crippen LogP contribution < -0.4 is 4.74 Å². The zero-order chi connectivity index (χ0) is 25.7. The van der Waals surface area contributed by atoms with Crippen molar-refractivity contribution in [2.24, 2.45) is 4.99 Å². The first-order valence-electron chi connectivity index (χ1n) is 10.9. The highest BCUT2D eigenvalue weighted by molar-refractivity contribution is 14.1. The van der Waals surface area contributed by atoms with Crippen LogP contribution in [0.2, 0.25) is 5.02 Å². The summed E-state index contributed by atoms with van der Waals surface area (Å²) in [6.07, 6.45) is 1.83. The predicted molar refractivity (Wildman–Crippen MR) is 163 cm³/mol. The number of hydrogen-bond donors (Lipinski definition) is 1. The molecule has 4 rings (SSSR count). The van der Waals surface area contributed by atoms with Crippen molar-refractivity contribution < 1.29 is 19.4 Å². The number of rotatable bonds is 7. The molecule has 0 spiro atoms. The summed E-state index contributed by atoms with van der Waals surface area (Å²) >= 11 is 11.9. The van der Waals surface area contributed by atoms with Gasteiger partial charge < -0.3 is 14.6 Å². The van der Waals surface area contributed by atoms with Gasteiger partial charge in [-0.15, -0.1) is 0 Å². The highest BCUT2D eigenvalue weighted by Crippen LogP contribution is 2.41. The Morgan fingerprint density at radius 1 is 1.08 bits per heavy atom. The molecule has 1 N–H and O–H groups in total. The molecule has 0 fully saturated rings. The molecule has 0 atom stereocenters. The first kappa shape index (κ1) is 27.0. The van der Waals surface area contributed by atoms with E-state index in [1.807, 2.05) is 72.8 Å². The molecule has 0 saturated heterocycles. The smallest absolute Gasteiger partial charge is 0.344 e. The Morgan fingerprint density at radius 3 is 2.42 bits per heavy atom. The molecule has 9 heteroatoms. The van der Waals surface area contributed by atoms with Crippen LogP contribution in [0.5, 0.6) is 5.75 Å². The van der Waals surface area contributed by atoms with Crippen LogP contribution in [-0.2, 0) is 16.1 Å². The maximum absolute atomic E-state index is 12.6. The van der Waals surface area contributed by atoms with E-state index >= 15 is 0 Å². The van der Waals surface area contributed by atoms with Gasteiger partial charge in [0.2, 0.25) is 0 Å². The molecule has 0 unspecified atom stereocenters. The number of carbonyl (C=O) groups excluding carboxylic acids is 1. The van der Waals surface area contributed by atoms with E-state index in [4.69, 9.17) is 21.1 Å². The number of benzene rings is 3. The fourth-order valence-corrected chi connectivity index (χ4v) is 6.68. The molecule has 0 saturated carbocycles. The molecule has 0 bridgehead atoms. The van der Waals surface area contributed by atoms with Gasteiger partial charge in [-0.25, -0.2) is 9.79 Å². The second-order valence-electron chi connectivity index (χ2n) is 7.50. The molecule has 0 amide bonds. The summed E-state index contributed by atoms with van der Waals surface area (Å²) in [5.74, 6) is 0.0147. The summed E-state index contributed by atoms with van der Waals surface area (Å²) in [5, 5.41) is 12.0. The quantitative estimate of drug-likeness (QED) is 0.195. The lowest BCUT2D eigenvalue weighted by molar-refractivity contribution is -0.138. The Balaban J connectivity index is 1.64. The normalized spacial score (nSPS) is 15.6. The van der Waals surface area contributed by atoms with E-state index in [-0.39, 0.29) is 17.9 Å². The molecule has 3 aromatic carbocycles. The molecule has 1 heterocycles. The Hall–Kier alpha value is -2.02. The maximum Gasteiger partial charge on any atom is 0.344 e. The van der Waals surface area contributed by atoms with Crippen LogP contribution in [0.3, 0.4) is 0 Å². The van der Waals surface area contributed by atoms with Crippen LogP contribution in [0.25, 0.3) is 6.08 Å². The van der Waals surface area contributed by atoms with E-state index in [0.717, 1.165) is 24.0 Å². The number of thioether (sulfide) groups is 1. The zero-order valence-electron chi connectivity index (χ0n) is 19.0. The van der Waals surface area contributed by atoms with Gasteiger partial charge in [-0.3, -0.25) is 0 Å². The lowest BCUT2D eigenvalue weighted by Gasteiger charge is -2.12. The van der Waals surface area contributed by atoms with E-state index in [9.17, 15) is 9.90 Å². The lowest BCUT2D eigenvalue weighted by atomic mass is 10.1. The second kappa shape index (κ2) is 12.5. The molecular weight excluding hydrogens is 724 g/mol. The summed E-state index contributed by atoms with van der Waals surface area (Å²) in [5.41, 5.74) is 2.51. The van der Waals surface area contributed by atoms with Crippen molar-refractivity contribution in [3.05, 3.63) is 106 Å². The first-order chi connectivity index (χ1) is 17.4. The van der Waals surface area contributed by atoms with Crippen molar-refractivity contribution in [1.29, 1.82) is 0 Å². The SMILES string of the molecule is CCOC(=O)C1=C(O)/C(=C/c2cc(I)c(OCc3ccccc3Cl)c(I)c2)SC1=Nc1ccccc1. The summed E-state index contributed by atoms with van der Waals surface area (Å²) in [7, 11) is 0. The van der Waals surface area contributed by atoms with Crippen LogP contribution in [0.4, 0.5) is 5.69 Å². The number of halogens is 3. The summed E-state index contributed by atoms with van der Waals surface area (Å²) < 4.78 is 13.1. The minimum atomic E-state index is -0.604. The Bertz CT molecular complexity index is 1370. The molecule has 5 nitrogen and oxygen atoms in total. The number of esters is 1. The van der Waals surface area contributed by atoms with Gasteiger partial charge in [0.1, 0.15) is 28.7 Å². The van der Waals surface area contributed by atoms with Gasteiger partial charge in [0.15, 0.2) is 0 Å². The van der Waals surface area contributed by atoms with Crippen molar-refractivity contribution in [2.75, 3.05) is 6.61 Å². The van der Waals surface area contributed by atoms with E-state index in [1.54, 1.807) is 6.92 Å². The van der Waals surface area contributed by atoms with Gasteiger partial charge in [0, 0.05) is 10.6 Å². The number of para-hydroxylation sites is 1. The number of nitrogens with zero attached hydrogens (tertiary/aromatic N) is 1. The Labute approximate surface area is 245 Å². The minimum Gasteiger partial charge on any atom is -0.506 e. The molecule has 36 heavy (non-hydrogen) atoms. The zero-order valence-corrected chi connectivity index (χ0v) is 24.9. The van der Waals surface area contributed by atoms with Crippen LogP contribution in [0, 0.1) is 7.14 Å². The van der Waals surface area contributed by atoms with E-state index in [2.05, 4.69) is 50.2 Å². The number of hydrogen-bond acceptors (Lipinski definition) is 6. The molecule has 1 aliphatic heterocycles. The molecule has 3 aromatic rings. The van der Waals surface area contributed by atoms with Crippen molar-refractivity contribution >= 4 is 91.3 Å². The van der Waals surface area contributed by atoms with Gasteiger partial charge in [-0.05, 0) is 94.1 Å². The third-order valence-electron chi connectivity index (χ3n) is 5.01. The number of aliphatic hydroxyl groups excluding tert-OH is 1. The van der Waals surface area contributed by atoms with Gasteiger partial charge in [0.25, 0.3) is 0 Å². The fourth-order valence-electron chi connectivity index (χ4n) is 3.33. The predicted octanol–water partition coefficient (Wildman–Crippen LogP) is 8.32. The van der Waals surface area contributed by atoms with Crippen LogP contribution in [0.1, 0.15) is 18.1 Å². The summed E-state index contributed by atoms with van der Waals surface area (Å²) in [6.45, 7) is 2.28. The molecular formula is C27H20ClI2NO4S. The molecule has 0 aromatic heterocycles. The summed E-state index contributed by atoms with van der Waals surface area (Å²) in [4.78, 5) is 17.7. The largest absolute Gasteiger partial charge is 0.506 e. The fraction of sp³-hybridized carbons (Fsp3) is 0.111. The number of ether oxygens (including phenoxy) is 2. The maximum atomic E-state index is 12.6. The van der Waals surface area contributed by atoms with Gasteiger partial charge >= 0.3 is 5.97 Å². The molecule has 0 aliphatic carbocycles. The highest BCUT2D eigenvalue weighted by atomic mass is 127. The van der Waals surface area contributed by atoms with E-state index in [1.165, 1.54) is 11.8 Å². The van der Waals surface area contributed by atoms with Crippen molar-refractivity contribution in [2.45, 2.75) is 13.5 Å². The highest BCUT2D eigenvalue weighted by Gasteiger charge is 2.33. The number of carbonyl (C=O) groups is 1. The van der Waals surface area contributed by atoms with Crippen molar-refractivity contribution in [1.82, 2.24) is 0 Å². The average Bonchev–Trinajstić information content (AvgIpc) is 3.14. The van der Waals surface area contributed by atoms with Crippen molar-refractivity contribution in [3.8, 4) is 5.75 Å². The standard InChI is InChI=1S/C27H20ClI2NO4S/c1-2-34-27(33)23-24(32)22(36-26(23)31-18-9-4-3-5-10-18)14-16-12-20(29)25(21(30)13-16)35-15-17-8-6-7-11-19(17)28/h3-14,32H,2,15H2,1H3/b22-14-,31-26?. The molecule has 184 valence electrons. The number of aliphatic hydroxyl groups is 1. The van der Waals surface area contributed by atoms with Crippen LogP contribution >= 0.6 is 68.5 Å². The Morgan fingerprint density at radius 2 is 1.75 bits per heavy atom. The van der Waals surface area contributed by atoms with E-state index < -0.39 is 5.97 Å². The second-order valence-corrected chi connectivity index (χ2v) is 11.3. The monoisotopic (exact) mass is 743 g/mol. The third-order valence-corrected chi connectivity index (χ3v) is 8.00. The Kier molecular flexibility index (Phi) is 9.37. The van der Waals surface area contributed by atoms with Gasteiger partial charge in [-0.1, -0.05) is 59.8 Å².